The van der Waals surface area contributed by atoms with E-state index in [0.29, 0.717) is 12.3 Å². The van der Waals surface area contributed by atoms with E-state index in [9.17, 15) is 22.4 Å². The maximum atomic E-state index is 13.1. The van der Waals surface area contributed by atoms with Gasteiger partial charge in [-0.2, -0.15) is 13.2 Å². The average molecular weight is 331 g/mol. The Labute approximate surface area is 127 Å². The minimum absolute atomic E-state index is 0.105. The molecule has 23 heavy (non-hydrogen) atoms. The fraction of sp³-hybridized carbons (Fsp3) is 0.143. The van der Waals surface area contributed by atoms with Crippen molar-refractivity contribution in [2.45, 2.75) is 6.18 Å². The summed E-state index contributed by atoms with van der Waals surface area (Å²) in [5.74, 6) is -3.02. The first kappa shape index (κ1) is 16.5. The van der Waals surface area contributed by atoms with E-state index in [1.54, 1.807) is 0 Å². The van der Waals surface area contributed by atoms with Crippen LogP contribution in [0.5, 0.6) is 17.2 Å². The summed E-state index contributed by atoms with van der Waals surface area (Å²) < 4.78 is 61.2. The first-order chi connectivity index (χ1) is 10.7. The molecule has 0 radical (unpaired) electrons. The molecule has 9 heteroatoms. The van der Waals surface area contributed by atoms with Crippen LogP contribution in [0.3, 0.4) is 0 Å². The van der Waals surface area contributed by atoms with Gasteiger partial charge in [-0.15, -0.1) is 0 Å². The number of carbonyl (C=O) groups is 1. The van der Waals surface area contributed by atoms with Crippen LogP contribution in [0.15, 0.2) is 30.5 Å². The van der Waals surface area contributed by atoms with Gasteiger partial charge in [0.15, 0.2) is 11.5 Å². The molecule has 0 unspecified atom stereocenters. The zero-order chi connectivity index (χ0) is 17.2. The van der Waals surface area contributed by atoms with Gasteiger partial charge in [0.05, 0.1) is 7.11 Å². The lowest BCUT2D eigenvalue weighted by molar-refractivity contribution is -0.141. The van der Waals surface area contributed by atoms with Crippen molar-refractivity contribution in [3.05, 3.63) is 47.5 Å². The fourth-order valence-corrected chi connectivity index (χ4v) is 1.68. The van der Waals surface area contributed by atoms with Gasteiger partial charge in [-0.1, -0.05) is 0 Å². The Balaban J connectivity index is 2.51. The monoisotopic (exact) mass is 331 g/mol. The number of aromatic carboxylic acids is 1. The smallest absolute Gasteiger partial charge is 0.433 e. The summed E-state index contributed by atoms with van der Waals surface area (Å²) in [6, 6.07) is 3.49. The normalized spacial score (nSPS) is 11.2. The molecule has 2 rings (SSSR count). The standard InChI is InChI=1S/C14H9F4NO4/c1-22-11-4-7(15)2-3-9(11)23-10-5-12(14(16,17)18)19-6-8(10)13(20)21/h2-6H,1H3,(H,20,21). The first-order valence-electron chi connectivity index (χ1n) is 6.04. The number of ether oxygens (including phenoxy) is 2. The van der Waals surface area contributed by atoms with E-state index in [4.69, 9.17) is 14.6 Å². The number of halogens is 4. The van der Waals surface area contributed by atoms with Crippen molar-refractivity contribution in [2.24, 2.45) is 0 Å². The van der Waals surface area contributed by atoms with Gasteiger partial charge in [0.2, 0.25) is 0 Å². The molecule has 1 aromatic heterocycles. The summed E-state index contributed by atoms with van der Waals surface area (Å²) in [6.07, 6.45) is -4.24. The second-order valence-corrected chi connectivity index (χ2v) is 4.27. The minimum Gasteiger partial charge on any atom is -0.493 e. The van der Waals surface area contributed by atoms with Crippen LogP contribution in [0.1, 0.15) is 16.1 Å². The van der Waals surface area contributed by atoms with E-state index in [1.807, 2.05) is 0 Å². The van der Waals surface area contributed by atoms with Gasteiger partial charge >= 0.3 is 12.1 Å². The summed E-state index contributed by atoms with van der Waals surface area (Å²) in [7, 11) is 1.20. The molecule has 0 saturated heterocycles. The third-order valence-corrected chi connectivity index (χ3v) is 2.73. The van der Waals surface area contributed by atoms with E-state index in [1.165, 1.54) is 7.11 Å². The Morgan fingerprint density at radius 1 is 1.17 bits per heavy atom. The first-order valence-corrected chi connectivity index (χ1v) is 6.04. The number of carboxylic acids is 1. The molecule has 0 aliphatic rings. The number of benzene rings is 1. The van der Waals surface area contributed by atoms with Crippen LogP contribution in [0.25, 0.3) is 0 Å². The summed E-state index contributed by atoms with van der Waals surface area (Å²) in [4.78, 5) is 14.1. The maximum Gasteiger partial charge on any atom is 0.433 e. The van der Waals surface area contributed by atoms with Gasteiger partial charge in [0, 0.05) is 18.3 Å². The van der Waals surface area contributed by atoms with Crippen LogP contribution in [-0.4, -0.2) is 23.2 Å². The van der Waals surface area contributed by atoms with Crippen LogP contribution < -0.4 is 9.47 Å². The van der Waals surface area contributed by atoms with Gasteiger partial charge in [-0.25, -0.2) is 9.18 Å². The maximum absolute atomic E-state index is 13.1. The van der Waals surface area contributed by atoms with Crippen molar-refractivity contribution in [2.75, 3.05) is 7.11 Å². The van der Waals surface area contributed by atoms with Crippen molar-refractivity contribution in [3.8, 4) is 17.2 Å². The number of hydrogen-bond donors (Lipinski definition) is 1. The molecule has 0 spiro atoms. The highest BCUT2D eigenvalue weighted by molar-refractivity contribution is 5.90. The highest BCUT2D eigenvalue weighted by Crippen LogP contribution is 2.36. The molecule has 0 aliphatic carbocycles. The molecular weight excluding hydrogens is 322 g/mol. The van der Waals surface area contributed by atoms with Gasteiger partial charge in [-0.3, -0.25) is 4.98 Å². The number of aromatic nitrogens is 1. The van der Waals surface area contributed by atoms with Crippen LogP contribution in [0, 0.1) is 5.82 Å². The Kier molecular flexibility index (Phi) is 4.39. The van der Waals surface area contributed by atoms with E-state index >= 15 is 0 Å². The van der Waals surface area contributed by atoms with Crippen molar-refractivity contribution < 1.29 is 36.9 Å². The third-order valence-electron chi connectivity index (χ3n) is 2.73. The van der Waals surface area contributed by atoms with Crippen LogP contribution in [0.2, 0.25) is 0 Å². The van der Waals surface area contributed by atoms with E-state index in [-0.39, 0.29) is 11.5 Å². The van der Waals surface area contributed by atoms with E-state index in [0.717, 1.165) is 18.2 Å². The van der Waals surface area contributed by atoms with Crippen molar-refractivity contribution in [3.63, 3.8) is 0 Å². The average Bonchev–Trinajstić information content (AvgIpc) is 2.47. The zero-order valence-corrected chi connectivity index (χ0v) is 11.5. The quantitative estimate of drug-likeness (QED) is 0.865. The lowest BCUT2D eigenvalue weighted by atomic mass is 10.2. The molecule has 0 saturated carbocycles. The molecule has 122 valence electrons. The lowest BCUT2D eigenvalue weighted by Crippen LogP contribution is -2.10. The fourth-order valence-electron chi connectivity index (χ4n) is 1.68. The van der Waals surface area contributed by atoms with E-state index < -0.39 is 35.0 Å². The molecule has 1 heterocycles. The summed E-state index contributed by atoms with van der Waals surface area (Å²) in [5.41, 5.74) is -1.90. The number of hydrogen-bond acceptors (Lipinski definition) is 4. The molecular formula is C14H9F4NO4. The van der Waals surface area contributed by atoms with Gasteiger partial charge in [0.25, 0.3) is 0 Å². The number of carboxylic acid groups (broad SMARTS) is 1. The largest absolute Gasteiger partial charge is 0.493 e. The molecule has 1 aromatic carbocycles. The molecule has 5 nitrogen and oxygen atoms in total. The van der Waals surface area contributed by atoms with Crippen LogP contribution in [0.4, 0.5) is 17.6 Å². The van der Waals surface area contributed by atoms with Crippen LogP contribution >= 0.6 is 0 Å². The SMILES string of the molecule is COc1cc(F)ccc1Oc1cc(C(F)(F)F)ncc1C(=O)O. The molecule has 0 bridgehead atoms. The van der Waals surface area contributed by atoms with Gasteiger partial charge in [0.1, 0.15) is 22.8 Å². The highest BCUT2D eigenvalue weighted by Gasteiger charge is 2.34. The predicted molar refractivity (Wildman–Crippen MR) is 69.2 cm³/mol. The Morgan fingerprint density at radius 2 is 1.87 bits per heavy atom. The molecule has 0 aliphatic heterocycles. The molecule has 0 atom stereocenters. The van der Waals surface area contributed by atoms with Crippen LogP contribution in [-0.2, 0) is 6.18 Å². The molecule has 0 fully saturated rings. The number of nitrogens with zero attached hydrogens (tertiary/aromatic N) is 1. The summed E-state index contributed by atoms with van der Waals surface area (Å²) in [5, 5.41) is 9.02. The van der Waals surface area contributed by atoms with Crippen molar-refractivity contribution >= 4 is 5.97 Å². The van der Waals surface area contributed by atoms with Gasteiger partial charge in [-0.05, 0) is 12.1 Å². The summed E-state index contributed by atoms with van der Waals surface area (Å²) in [6.45, 7) is 0. The topological polar surface area (TPSA) is 68.7 Å². The Bertz CT molecular complexity index is 746. The minimum atomic E-state index is -4.78. The lowest BCUT2D eigenvalue weighted by Gasteiger charge is -2.13. The summed E-state index contributed by atoms with van der Waals surface area (Å²) >= 11 is 0. The molecule has 2 aromatic rings. The second-order valence-electron chi connectivity index (χ2n) is 4.27. The van der Waals surface area contributed by atoms with Gasteiger partial charge < -0.3 is 14.6 Å². The molecule has 0 amide bonds. The number of pyridine rings is 1. The Morgan fingerprint density at radius 3 is 2.43 bits per heavy atom. The number of methoxy groups -OCH3 is 1. The van der Waals surface area contributed by atoms with E-state index in [2.05, 4.69) is 4.98 Å². The molecule has 1 N–H and O–H groups in total. The highest BCUT2D eigenvalue weighted by atomic mass is 19.4. The predicted octanol–water partition coefficient (Wildman–Crippen LogP) is 3.74. The Hall–Kier alpha value is -2.84. The number of alkyl halides is 3. The van der Waals surface area contributed by atoms with Crippen molar-refractivity contribution in [1.82, 2.24) is 4.98 Å². The second kappa shape index (κ2) is 6.11. The zero-order valence-electron chi connectivity index (χ0n) is 11.5. The number of rotatable bonds is 4. The third kappa shape index (κ3) is 3.68. The van der Waals surface area contributed by atoms with Crippen molar-refractivity contribution in [1.29, 1.82) is 0 Å².